The number of nitrogens with zero attached hydrogens (tertiary/aromatic N) is 2. The molecule has 0 bridgehead atoms. The zero-order valence-electron chi connectivity index (χ0n) is 14.7. The first-order valence-electron chi connectivity index (χ1n) is 8.68. The maximum absolute atomic E-state index is 12.2. The molecule has 142 valence electrons. The Kier molecular flexibility index (Phi) is 6.26. The lowest BCUT2D eigenvalue weighted by atomic mass is 10.1. The maximum Gasteiger partial charge on any atom is 0.270 e. The number of anilines is 1. The van der Waals surface area contributed by atoms with Gasteiger partial charge < -0.3 is 15.0 Å². The van der Waals surface area contributed by atoms with Gasteiger partial charge in [-0.15, -0.1) is 0 Å². The van der Waals surface area contributed by atoms with Crippen LogP contribution in [0.25, 0.3) is 0 Å². The quantitative estimate of drug-likeness (QED) is 0.606. The average Bonchev–Trinajstić information content (AvgIpc) is 2.69. The van der Waals surface area contributed by atoms with Gasteiger partial charge in [0.2, 0.25) is 0 Å². The molecule has 1 aliphatic rings. The van der Waals surface area contributed by atoms with Gasteiger partial charge in [-0.2, -0.15) is 0 Å². The maximum atomic E-state index is 12.2. The third kappa shape index (κ3) is 4.96. The predicted molar refractivity (Wildman–Crippen MR) is 104 cm³/mol. The van der Waals surface area contributed by atoms with Crippen molar-refractivity contribution < 1.29 is 14.5 Å². The van der Waals surface area contributed by atoms with E-state index in [-0.39, 0.29) is 22.2 Å². The fraction of sp³-hybridized carbons (Fsp3) is 0.316. The molecule has 0 spiro atoms. The number of rotatable bonds is 6. The Balaban J connectivity index is 1.52. The van der Waals surface area contributed by atoms with Crippen molar-refractivity contribution >= 4 is 28.9 Å². The highest BCUT2D eigenvalue weighted by Gasteiger charge is 2.15. The lowest BCUT2D eigenvalue weighted by Crippen LogP contribution is -2.36. The average molecular weight is 390 g/mol. The van der Waals surface area contributed by atoms with Crippen LogP contribution in [0.5, 0.6) is 0 Å². The number of nitrogens with one attached hydrogen (secondary N) is 1. The lowest BCUT2D eigenvalue weighted by Gasteiger charge is -2.28. The molecule has 3 rings (SSSR count). The molecular formula is C19H20ClN3O4. The number of halogens is 1. The van der Waals surface area contributed by atoms with E-state index in [9.17, 15) is 14.9 Å². The topological polar surface area (TPSA) is 84.7 Å². The normalized spacial score (nSPS) is 14.0. The Morgan fingerprint density at radius 1 is 1.19 bits per heavy atom. The largest absolute Gasteiger partial charge is 0.378 e. The Bertz CT molecular complexity index is 820. The molecule has 0 radical (unpaired) electrons. The van der Waals surface area contributed by atoms with Crippen LogP contribution in [0.4, 0.5) is 11.4 Å². The summed E-state index contributed by atoms with van der Waals surface area (Å²) in [5.41, 5.74) is 2.37. The van der Waals surface area contributed by atoms with Crippen LogP contribution >= 0.6 is 11.6 Å². The molecule has 8 heteroatoms. The summed E-state index contributed by atoms with van der Waals surface area (Å²) in [6, 6.07) is 12.1. The number of morpholine rings is 1. The van der Waals surface area contributed by atoms with E-state index in [0.29, 0.717) is 13.0 Å². The molecule has 1 amide bonds. The monoisotopic (exact) mass is 389 g/mol. The third-order valence-corrected chi connectivity index (χ3v) is 4.73. The van der Waals surface area contributed by atoms with E-state index < -0.39 is 4.92 Å². The van der Waals surface area contributed by atoms with E-state index in [4.69, 9.17) is 16.3 Å². The number of nitro groups is 1. The van der Waals surface area contributed by atoms with Crippen molar-refractivity contribution in [2.24, 2.45) is 0 Å². The van der Waals surface area contributed by atoms with Crippen LogP contribution in [0.15, 0.2) is 42.5 Å². The van der Waals surface area contributed by atoms with E-state index in [1.54, 1.807) is 0 Å². The Morgan fingerprint density at radius 3 is 2.52 bits per heavy atom. The van der Waals surface area contributed by atoms with Crippen LogP contribution in [0.1, 0.15) is 15.9 Å². The first-order chi connectivity index (χ1) is 13.0. The highest BCUT2D eigenvalue weighted by Crippen LogP contribution is 2.22. The number of amides is 1. The number of benzene rings is 2. The van der Waals surface area contributed by atoms with Gasteiger partial charge in [0, 0.05) is 37.5 Å². The predicted octanol–water partition coefficient (Wildman–Crippen LogP) is 3.06. The molecule has 1 N–H and O–H groups in total. The van der Waals surface area contributed by atoms with E-state index in [2.05, 4.69) is 34.5 Å². The van der Waals surface area contributed by atoms with Crippen LogP contribution in [0, 0.1) is 10.1 Å². The molecule has 1 aliphatic heterocycles. The summed E-state index contributed by atoms with van der Waals surface area (Å²) in [6.45, 7) is 3.73. The molecule has 2 aromatic rings. The number of carbonyl (C=O) groups is 1. The minimum Gasteiger partial charge on any atom is -0.378 e. The van der Waals surface area contributed by atoms with Gasteiger partial charge >= 0.3 is 0 Å². The molecule has 7 nitrogen and oxygen atoms in total. The fourth-order valence-electron chi connectivity index (χ4n) is 2.91. The number of nitro benzene ring substituents is 1. The summed E-state index contributed by atoms with van der Waals surface area (Å²) in [4.78, 5) is 24.7. The second-order valence-electron chi connectivity index (χ2n) is 6.19. The zero-order chi connectivity index (χ0) is 19.2. The first kappa shape index (κ1) is 19.1. The number of hydrogen-bond acceptors (Lipinski definition) is 5. The second-order valence-corrected chi connectivity index (χ2v) is 6.60. The van der Waals surface area contributed by atoms with Crippen LogP contribution in [0.3, 0.4) is 0 Å². The Hall–Kier alpha value is -2.64. The van der Waals surface area contributed by atoms with Crippen LogP contribution in [-0.4, -0.2) is 43.7 Å². The zero-order valence-corrected chi connectivity index (χ0v) is 15.4. The van der Waals surface area contributed by atoms with E-state index in [0.717, 1.165) is 31.9 Å². The minimum atomic E-state index is -0.547. The molecule has 2 aromatic carbocycles. The molecule has 0 aliphatic carbocycles. The molecule has 1 fully saturated rings. The van der Waals surface area contributed by atoms with Crippen LogP contribution in [-0.2, 0) is 11.2 Å². The number of non-ortho nitro benzene ring substituents is 1. The smallest absolute Gasteiger partial charge is 0.270 e. The summed E-state index contributed by atoms with van der Waals surface area (Å²) >= 11 is 5.98. The standard InChI is InChI=1S/C19H20ClN3O4/c20-18-13-16(23(25)26)5-6-17(18)19(24)21-8-7-14-1-3-15(4-2-14)22-9-11-27-12-10-22/h1-6,13H,7-12H2,(H,21,24). The lowest BCUT2D eigenvalue weighted by molar-refractivity contribution is -0.384. The van der Waals surface area contributed by atoms with Gasteiger partial charge in [-0.3, -0.25) is 14.9 Å². The number of ether oxygens (including phenoxy) is 1. The molecule has 1 saturated heterocycles. The molecule has 0 aromatic heterocycles. The van der Waals surface area contributed by atoms with Crippen molar-refractivity contribution in [1.82, 2.24) is 5.32 Å². The molecule has 0 unspecified atom stereocenters. The molecular weight excluding hydrogens is 370 g/mol. The second kappa shape index (κ2) is 8.83. The van der Waals surface area contributed by atoms with E-state index in [1.807, 2.05) is 0 Å². The molecule has 27 heavy (non-hydrogen) atoms. The van der Waals surface area contributed by atoms with Gasteiger partial charge in [0.25, 0.3) is 11.6 Å². The van der Waals surface area contributed by atoms with Crippen molar-refractivity contribution in [3.05, 3.63) is 68.7 Å². The third-order valence-electron chi connectivity index (χ3n) is 4.42. The van der Waals surface area contributed by atoms with E-state index >= 15 is 0 Å². The van der Waals surface area contributed by atoms with Gasteiger partial charge in [0.05, 0.1) is 28.7 Å². The molecule has 0 saturated carbocycles. The minimum absolute atomic E-state index is 0.0663. The highest BCUT2D eigenvalue weighted by molar-refractivity contribution is 6.34. The Labute approximate surface area is 162 Å². The number of hydrogen-bond donors (Lipinski definition) is 1. The van der Waals surface area contributed by atoms with Gasteiger partial charge in [-0.25, -0.2) is 0 Å². The highest BCUT2D eigenvalue weighted by atomic mass is 35.5. The SMILES string of the molecule is O=C(NCCc1ccc(N2CCOCC2)cc1)c1ccc([N+](=O)[O-])cc1Cl. The van der Waals surface area contributed by atoms with Gasteiger partial charge in [-0.05, 0) is 30.2 Å². The van der Waals surface area contributed by atoms with Crippen molar-refractivity contribution in [2.75, 3.05) is 37.7 Å². The van der Waals surface area contributed by atoms with Crippen molar-refractivity contribution in [1.29, 1.82) is 0 Å². The van der Waals surface area contributed by atoms with Crippen molar-refractivity contribution in [3.8, 4) is 0 Å². The summed E-state index contributed by atoms with van der Waals surface area (Å²) < 4.78 is 5.36. The summed E-state index contributed by atoms with van der Waals surface area (Å²) in [5, 5.41) is 13.6. The van der Waals surface area contributed by atoms with Crippen LogP contribution in [0.2, 0.25) is 5.02 Å². The van der Waals surface area contributed by atoms with E-state index in [1.165, 1.54) is 23.9 Å². The molecule has 1 heterocycles. The van der Waals surface area contributed by atoms with Crippen LogP contribution < -0.4 is 10.2 Å². The van der Waals surface area contributed by atoms with Crippen molar-refractivity contribution in [2.45, 2.75) is 6.42 Å². The summed E-state index contributed by atoms with van der Waals surface area (Å²) in [6.07, 6.45) is 0.680. The Morgan fingerprint density at radius 2 is 1.89 bits per heavy atom. The summed E-state index contributed by atoms with van der Waals surface area (Å²) in [7, 11) is 0. The fourth-order valence-corrected chi connectivity index (χ4v) is 3.17. The molecule has 0 atom stereocenters. The number of carbonyl (C=O) groups excluding carboxylic acids is 1. The first-order valence-corrected chi connectivity index (χ1v) is 9.06. The van der Waals surface area contributed by atoms with Gasteiger partial charge in [0.15, 0.2) is 0 Å². The van der Waals surface area contributed by atoms with Crippen molar-refractivity contribution in [3.63, 3.8) is 0 Å². The van der Waals surface area contributed by atoms with Gasteiger partial charge in [0.1, 0.15) is 0 Å². The summed E-state index contributed by atoms with van der Waals surface area (Å²) in [5.74, 6) is -0.347. The van der Waals surface area contributed by atoms with Gasteiger partial charge in [-0.1, -0.05) is 23.7 Å².